The Bertz CT molecular complexity index is 698. The number of aryl methyl sites for hydroxylation is 1. The molecular weight excluding hydrogens is 304 g/mol. The minimum Gasteiger partial charge on any atom is -0.393 e. The summed E-state index contributed by atoms with van der Waals surface area (Å²) in [6, 6.07) is 7.91. The van der Waals surface area contributed by atoms with Gasteiger partial charge in [0, 0.05) is 31.9 Å². The first-order valence-electron chi connectivity index (χ1n) is 8.38. The van der Waals surface area contributed by atoms with E-state index < -0.39 is 0 Å². The van der Waals surface area contributed by atoms with Gasteiger partial charge < -0.3 is 15.7 Å². The molecule has 6 heteroatoms. The average Bonchev–Trinajstić information content (AvgIpc) is 3.20. The Morgan fingerprint density at radius 3 is 2.92 bits per heavy atom. The van der Waals surface area contributed by atoms with E-state index in [1.54, 1.807) is 4.68 Å². The zero-order valence-electron chi connectivity index (χ0n) is 13.9. The summed E-state index contributed by atoms with van der Waals surface area (Å²) in [6.45, 7) is 1.10. The SMILES string of the molecule is Cn1cc(-c2cccc(CNC(=O)NC[C@@H]3CC[C@@H](O)C3)c2)cn1. The molecule has 1 aliphatic carbocycles. The Kier molecular flexibility index (Phi) is 5.15. The van der Waals surface area contributed by atoms with E-state index in [2.05, 4.69) is 21.8 Å². The number of rotatable bonds is 5. The van der Waals surface area contributed by atoms with Gasteiger partial charge in [0.1, 0.15) is 0 Å². The van der Waals surface area contributed by atoms with Crippen molar-refractivity contribution in [2.24, 2.45) is 13.0 Å². The summed E-state index contributed by atoms with van der Waals surface area (Å²) in [6.07, 6.45) is 6.21. The van der Waals surface area contributed by atoms with Crippen molar-refractivity contribution in [3.63, 3.8) is 0 Å². The van der Waals surface area contributed by atoms with E-state index in [0.717, 1.165) is 36.0 Å². The molecule has 0 spiro atoms. The molecule has 1 saturated carbocycles. The molecule has 0 unspecified atom stereocenters. The lowest BCUT2D eigenvalue weighted by Gasteiger charge is -2.12. The van der Waals surface area contributed by atoms with Gasteiger partial charge in [0.15, 0.2) is 0 Å². The van der Waals surface area contributed by atoms with Crippen molar-refractivity contribution in [1.82, 2.24) is 20.4 Å². The van der Waals surface area contributed by atoms with Crippen LogP contribution in [-0.4, -0.2) is 33.6 Å². The van der Waals surface area contributed by atoms with Gasteiger partial charge in [-0.3, -0.25) is 4.68 Å². The average molecular weight is 328 g/mol. The number of hydrogen-bond acceptors (Lipinski definition) is 3. The summed E-state index contributed by atoms with van der Waals surface area (Å²) >= 11 is 0. The topological polar surface area (TPSA) is 79.2 Å². The van der Waals surface area contributed by atoms with Gasteiger partial charge in [0.2, 0.25) is 0 Å². The number of urea groups is 1. The number of aromatic nitrogens is 2. The molecule has 2 atom stereocenters. The van der Waals surface area contributed by atoms with E-state index in [0.29, 0.717) is 19.0 Å². The fourth-order valence-electron chi connectivity index (χ4n) is 3.15. The van der Waals surface area contributed by atoms with E-state index >= 15 is 0 Å². The van der Waals surface area contributed by atoms with Crippen LogP contribution in [0.4, 0.5) is 4.79 Å². The molecule has 0 saturated heterocycles. The zero-order valence-corrected chi connectivity index (χ0v) is 13.9. The molecule has 2 aromatic rings. The third kappa shape index (κ3) is 4.35. The van der Waals surface area contributed by atoms with Crippen LogP contribution in [0.15, 0.2) is 36.7 Å². The summed E-state index contributed by atoms with van der Waals surface area (Å²) in [7, 11) is 1.89. The minimum atomic E-state index is -0.199. The quantitative estimate of drug-likeness (QED) is 0.786. The Morgan fingerprint density at radius 1 is 1.33 bits per heavy atom. The summed E-state index contributed by atoms with van der Waals surface area (Å²) < 4.78 is 1.77. The van der Waals surface area contributed by atoms with Crippen LogP contribution >= 0.6 is 0 Å². The fourth-order valence-corrected chi connectivity index (χ4v) is 3.15. The molecule has 0 aliphatic heterocycles. The normalized spacial score (nSPS) is 20.1. The van der Waals surface area contributed by atoms with Crippen LogP contribution in [0.5, 0.6) is 0 Å². The molecule has 2 amide bonds. The highest BCUT2D eigenvalue weighted by Gasteiger charge is 2.22. The Labute approximate surface area is 141 Å². The molecule has 24 heavy (non-hydrogen) atoms. The van der Waals surface area contributed by atoms with E-state index in [4.69, 9.17) is 0 Å². The molecule has 1 aromatic heterocycles. The molecular formula is C18H24N4O2. The highest BCUT2D eigenvalue weighted by Crippen LogP contribution is 2.24. The summed E-state index contributed by atoms with van der Waals surface area (Å²) in [5.41, 5.74) is 3.19. The van der Waals surface area contributed by atoms with Gasteiger partial charge in [-0.05, 0) is 42.4 Å². The maximum Gasteiger partial charge on any atom is 0.315 e. The highest BCUT2D eigenvalue weighted by molar-refractivity contribution is 5.74. The maximum atomic E-state index is 11.9. The number of hydrogen-bond donors (Lipinski definition) is 3. The number of carbonyl (C=O) groups is 1. The number of aliphatic hydroxyl groups excluding tert-OH is 1. The number of nitrogens with zero attached hydrogens (tertiary/aromatic N) is 2. The fraction of sp³-hybridized carbons (Fsp3) is 0.444. The smallest absolute Gasteiger partial charge is 0.315 e. The van der Waals surface area contributed by atoms with Crippen molar-refractivity contribution in [2.45, 2.75) is 31.9 Å². The van der Waals surface area contributed by atoms with Gasteiger partial charge in [0.05, 0.1) is 12.3 Å². The van der Waals surface area contributed by atoms with Crippen molar-refractivity contribution in [1.29, 1.82) is 0 Å². The molecule has 1 aliphatic rings. The summed E-state index contributed by atoms with van der Waals surface area (Å²) in [5, 5.41) is 19.5. The molecule has 128 valence electrons. The van der Waals surface area contributed by atoms with Crippen LogP contribution < -0.4 is 10.6 Å². The van der Waals surface area contributed by atoms with E-state index in [1.807, 2.05) is 37.6 Å². The van der Waals surface area contributed by atoms with Crippen LogP contribution in [0, 0.1) is 5.92 Å². The summed E-state index contributed by atoms with van der Waals surface area (Å²) in [4.78, 5) is 11.9. The lowest BCUT2D eigenvalue weighted by Crippen LogP contribution is -2.37. The predicted octanol–water partition coefficient (Wildman–Crippen LogP) is 2.05. The molecule has 0 radical (unpaired) electrons. The van der Waals surface area contributed by atoms with Crippen molar-refractivity contribution in [2.75, 3.05) is 6.54 Å². The number of nitrogens with one attached hydrogen (secondary N) is 2. The molecule has 3 N–H and O–H groups in total. The van der Waals surface area contributed by atoms with Gasteiger partial charge in [-0.15, -0.1) is 0 Å². The molecule has 6 nitrogen and oxygen atoms in total. The van der Waals surface area contributed by atoms with Gasteiger partial charge in [-0.1, -0.05) is 18.2 Å². The van der Waals surface area contributed by atoms with E-state index in [1.165, 1.54) is 0 Å². The third-order valence-electron chi connectivity index (χ3n) is 4.48. The standard InChI is InChI=1S/C18H24N4O2/c1-22-12-16(11-21-22)15-4-2-3-13(7-15)9-19-18(24)20-10-14-5-6-17(23)8-14/h2-4,7,11-12,14,17,23H,5-6,8-10H2,1H3,(H2,19,20,24)/t14-,17-/m1/s1. The van der Waals surface area contributed by atoms with Gasteiger partial charge >= 0.3 is 6.03 Å². The number of aliphatic hydroxyl groups is 1. The van der Waals surface area contributed by atoms with Crippen molar-refractivity contribution >= 4 is 6.03 Å². The van der Waals surface area contributed by atoms with Crippen LogP contribution in [0.3, 0.4) is 0 Å². The third-order valence-corrected chi connectivity index (χ3v) is 4.48. The molecule has 1 aromatic carbocycles. The maximum absolute atomic E-state index is 11.9. The van der Waals surface area contributed by atoms with Crippen molar-refractivity contribution in [3.8, 4) is 11.1 Å². The van der Waals surface area contributed by atoms with Gasteiger partial charge in [-0.2, -0.15) is 5.10 Å². The Morgan fingerprint density at radius 2 is 2.21 bits per heavy atom. The molecule has 3 rings (SSSR count). The first-order valence-corrected chi connectivity index (χ1v) is 8.38. The number of amides is 2. The highest BCUT2D eigenvalue weighted by atomic mass is 16.3. The van der Waals surface area contributed by atoms with Crippen molar-refractivity contribution < 1.29 is 9.90 Å². The molecule has 1 heterocycles. The summed E-state index contributed by atoms with van der Waals surface area (Å²) in [5.74, 6) is 0.389. The van der Waals surface area contributed by atoms with E-state index in [-0.39, 0.29) is 12.1 Å². The number of benzene rings is 1. The monoisotopic (exact) mass is 328 g/mol. The Balaban J connectivity index is 1.48. The second kappa shape index (κ2) is 7.49. The van der Waals surface area contributed by atoms with Crippen LogP contribution in [0.25, 0.3) is 11.1 Å². The predicted molar refractivity (Wildman–Crippen MR) is 92.2 cm³/mol. The Hall–Kier alpha value is -2.34. The number of carbonyl (C=O) groups excluding carboxylic acids is 1. The first kappa shape index (κ1) is 16.5. The molecule has 1 fully saturated rings. The second-order valence-corrected chi connectivity index (χ2v) is 6.50. The van der Waals surface area contributed by atoms with Crippen LogP contribution in [0.1, 0.15) is 24.8 Å². The van der Waals surface area contributed by atoms with Gasteiger partial charge in [0.25, 0.3) is 0 Å². The van der Waals surface area contributed by atoms with Crippen LogP contribution in [0.2, 0.25) is 0 Å². The minimum absolute atomic E-state index is 0.164. The lowest BCUT2D eigenvalue weighted by atomic mass is 10.1. The van der Waals surface area contributed by atoms with E-state index in [9.17, 15) is 9.90 Å². The van der Waals surface area contributed by atoms with Gasteiger partial charge in [-0.25, -0.2) is 4.79 Å². The molecule has 0 bridgehead atoms. The van der Waals surface area contributed by atoms with Crippen LogP contribution in [-0.2, 0) is 13.6 Å². The lowest BCUT2D eigenvalue weighted by molar-refractivity contribution is 0.177. The largest absolute Gasteiger partial charge is 0.393 e. The first-order chi connectivity index (χ1) is 11.6. The zero-order chi connectivity index (χ0) is 16.9. The van der Waals surface area contributed by atoms with Crippen molar-refractivity contribution in [3.05, 3.63) is 42.2 Å². The second-order valence-electron chi connectivity index (χ2n) is 6.50.